The maximum atomic E-state index is 13.9. The van der Waals surface area contributed by atoms with Gasteiger partial charge in [0.25, 0.3) is 0 Å². The molecular weight excluding hydrogens is 244 g/mol. The standard InChI is InChI=1S/C14H21BFNO2/c1-14(2)6-3-7-17(10-14)9-11-4-5-12(15(18)19)8-13(11)16/h4-5,8,18-19H,3,6-7,9-10H2,1-2H3. The normalized spacial score (nSPS) is 19.4. The van der Waals surface area contributed by atoms with Crippen molar-refractivity contribution in [1.29, 1.82) is 0 Å². The van der Waals surface area contributed by atoms with Crippen LogP contribution in [0.5, 0.6) is 0 Å². The van der Waals surface area contributed by atoms with Gasteiger partial charge in [0.05, 0.1) is 0 Å². The Morgan fingerprint density at radius 2 is 2.11 bits per heavy atom. The van der Waals surface area contributed by atoms with Gasteiger partial charge in [0.1, 0.15) is 5.82 Å². The van der Waals surface area contributed by atoms with Crippen molar-refractivity contribution in [1.82, 2.24) is 4.90 Å². The first-order valence-corrected chi connectivity index (χ1v) is 6.74. The molecule has 0 amide bonds. The SMILES string of the molecule is CC1(C)CCCN(Cc2ccc(B(O)O)cc2F)C1. The van der Waals surface area contributed by atoms with Crippen molar-refractivity contribution in [3.63, 3.8) is 0 Å². The van der Waals surface area contributed by atoms with E-state index >= 15 is 0 Å². The number of hydrogen-bond donors (Lipinski definition) is 2. The molecule has 0 aromatic heterocycles. The van der Waals surface area contributed by atoms with Crippen LogP contribution in [0.3, 0.4) is 0 Å². The summed E-state index contributed by atoms with van der Waals surface area (Å²) in [6.07, 6.45) is 2.35. The Hall–Kier alpha value is -0.905. The number of likely N-dealkylation sites (tertiary alicyclic amines) is 1. The Morgan fingerprint density at radius 3 is 2.68 bits per heavy atom. The number of halogens is 1. The van der Waals surface area contributed by atoms with Gasteiger partial charge in [0.2, 0.25) is 0 Å². The van der Waals surface area contributed by atoms with Gasteiger partial charge in [-0.25, -0.2) is 4.39 Å². The molecule has 0 radical (unpaired) electrons. The van der Waals surface area contributed by atoms with Crippen molar-refractivity contribution >= 4 is 12.6 Å². The molecule has 0 aliphatic carbocycles. The molecule has 1 heterocycles. The highest BCUT2D eigenvalue weighted by molar-refractivity contribution is 6.58. The Bertz CT molecular complexity index is 451. The molecule has 3 nitrogen and oxygen atoms in total. The quantitative estimate of drug-likeness (QED) is 0.805. The minimum absolute atomic E-state index is 0.195. The zero-order chi connectivity index (χ0) is 14.0. The molecule has 1 aliphatic heterocycles. The highest BCUT2D eigenvalue weighted by Gasteiger charge is 2.26. The zero-order valence-corrected chi connectivity index (χ0v) is 11.6. The first kappa shape index (κ1) is 14.5. The summed E-state index contributed by atoms with van der Waals surface area (Å²) in [7, 11) is -1.61. The van der Waals surface area contributed by atoms with Crippen molar-refractivity contribution < 1.29 is 14.4 Å². The van der Waals surface area contributed by atoms with Crippen LogP contribution < -0.4 is 5.46 Å². The predicted molar refractivity (Wildman–Crippen MR) is 74.5 cm³/mol. The Kier molecular flexibility index (Phi) is 4.28. The Morgan fingerprint density at radius 1 is 1.37 bits per heavy atom. The fourth-order valence-electron chi connectivity index (χ4n) is 2.77. The fraction of sp³-hybridized carbons (Fsp3) is 0.571. The molecule has 0 bridgehead atoms. The molecule has 1 saturated heterocycles. The molecule has 5 heteroatoms. The van der Waals surface area contributed by atoms with E-state index in [4.69, 9.17) is 10.0 Å². The van der Waals surface area contributed by atoms with E-state index in [0.717, 1.165) is 19.5 Å². The summed E-state index contributed by atoms with van der Waals surface area (Å²) in [6.45, 7) is 7.02. The monoisotopic (exact) mass is 265 g/mol. The van der Waals surface area contributed by atoms with Gasteiger partial charge in [-0.05, 0) is 36.3 Å². The summed E-state index contributed by atoms with van der Waals surface area (Å²) < 4.78 is 13.9. The zero-order valence-electron chi connectivity index (χ0n) is 11.6. The van der Waals surface area contributed by atoms with E-state index < -0.39 is 7.12 Å². The molecular formula is C14H21BFNO2. The lowest BCUT2D eigenvalue weighted by atomic mass is 9.80. The van der Waals surface area contributed by atoms with E-state index in [1.54, 1.807) is 12.1 Å². The lowest BCUT2D eigenvalue weighted by Crippen LogP contribution is -2.39. The second-order valence-electron chi connectivity index (χ2n) is 6.20. The second kappa shape index (κ2) is 5.61. The van der Waals surface area contributed by atoms with Gasteiger partial charge in [0, 0.05) is 18.7 Å². The van der Waals surface area contributed by atoms with Gasteiger partial charge in [-0.3, -0.25) is 4.90 Å². The highest BCUT2D eigenvalue weighted by Crippen LogP contribution is 2.29. The second-order valence-corrected chi connectivity index (χ2v) is 6.20. The average molecular weight is 265 g/mol. The van der Waals surface area contributed by atoms with Gasteiger partial charge in [0.15, 0.2) is 0 Å². The summed E-state index contributed by atoms with van der Waals surface area (Å²) in [4.78, 5) is 2.26. The van der Waals surface area contributed by atoms with Crippen LogP contribution in [-0.4, -0.2) is 35.2 Å². The molecule has 1 aromatic carbocycles. The van der Waals surface area contributed by atoms with Crippen LogP contribution in [0.2, 0.25) is 0 Å². The molecule has 1 aliphatic rings. The van der Waals surface area contributed by atoms with Crippen LogP contribution in [-0.2, 0) is 6.54 Å². The van der Waals surface area contributed by atoms with E-state index in [-0.39, 0.29) is 16.7 Å². The van der Waals surface area contributed by atoms with E-state index in [0.29, 0.717) is 12.1 Å². The third-order valence-corrected chi connectivity index (χ3v) is 3.75. The summed E-state index contributed by atoms with van der Waals surface area (Å²) in [5, 5.41) is 18.0. The van der Waals surface area contributed by atoms with Gasteiger partial charge >= 0.3 is 7.12 Å². The summed E-state index contributed by atoms with van der Waals surface area (Å²) in [5.74, 6) is -0.367. The number of nitrogens with zero attached hydrogens (tertiary/aromatic N) is 1. The van der Waals surface area contributed by atoms with Crippen LogP contribution in [0.25, 0.3) is 0 Å². The molecule has 1 aromatic rings. The van der Waals surface area contributed by atoms with Crippen molar-refractivity contribution in [2.24, 2.45) is 5.41 Å². The van der Waals surface area contributed by atoms with Crippen LogP contribution in [0.1, 0.15) is 32.3 Å². The molecule has 0 atom stereocenters. The largest absolute Gasteiger partial charge is 0.488 e. The minimum Gasteiger partial charge on any atom is -0.423 e. The van der Waals surface area contributed by atoms with Crippen LogP contribution in [0, 0.1) is 11.2 Å². The van der Waals surface area contributed by atoms with Gasteiger partial charge in [-0.1, -0.05) is 26.0 Å². The lowest BCUT2D eigenvalue weighted by Gasteiger charge is -2.38. The summed E-state index contributed by atoms with van der Waals surface area (Å²) in [6, 6.07) is 4.42. The fourth-order valence-corrected chi connectivity index (χ4v) is 2.77. The minimum atomic E-state index is -1.61. The van der Waals surface area contributed by atoms with Crippen molar-refractivity contribution in [2.45, 2.75) is 33.2 Å². The highest BCUT2D eigenvalue weighted by atomic mass is 19.1. The first-order chi connectivity index (χ1) is 8.87. The third kappa shape index (κ3) is 3.78. The van der Waals surface area contributed by atoms with Crippen LogP contribution >= 0.6 is 0 Å². The molecule has 19 heavy (non-hydrogen) atoms. The number of rotatable bonds is 3. The van der Waals surface area contributed by atoms with Crippen LogP contribution in [0.15, 0.2) is 18.2 Å². The number of benzene rings is 1. The molecule has 2 rings (SSSR count). The van der Waals surface area contributed by atoms with Gasteiger partial charge in [-0.2, -0.15) is 0 Å². The van der Waals surface area contributed by atoms with Gasteiger partial charge in [-0.15, -0.1) is 0 Å². The average Bonchev–Trinajstić information content (AvgIpc) is 2.30. The van der Waals surface area contributed by atoms with Crippen molar-refractivity contribution in [2.75, 3.05) is 13.1 Å². The summed E-state index contributed by atoms with van der Waals surface area (Å²) >= 11 is 0. The lowest BCUT2D eigenvalue weighted by molar-refractivity contribution is 0.110. The predicted octanol–water partition coefficient (Wildman–Crippen LogP) is 1.13. The van der Waals surface area contributed by atoms with Crippen molar-refractivity contribution in [3.8, 4) is 0 Å². The smallest absolute Gasteiger partial charge is 0.423 e. The van der Waals surface area contributed by atoms with Crippen LogP contribution in [0.4, 0.5) is 4.39 Å². The Balaban J connectivity index is 2.07. The first-order valence-electron chi connectivity index (χ1n) is 6.74. The molecule has 0 saturated carbocycles. The topological polar surface area (TPSA) is 43.7 Å². The van der Waals surface area contributed by atoms with Gasteiger partial charge < -0.3 is 10.0 Å². The molecule has 2 N–H and O–H groups in total. The maximum absolute atomic E-state index is 13.9. The molecule has 104 valence electrons. The third-order valence-electron chi connectivity index (χ3n) is 3.75. The maximum Gasteiger partial charge on any atom is 0.488 e. The van der Waals surface area contributed by atoms with E-state index in [9.17, 15) is 4.39 Å². The summed E-state index contributed by atoms with van der Waals surface area (Å²) in [5.41, 5.74) is 1.10. The molecule has 0 spiro atoms. The Labute approximate surface area is 114 Å². The van der Waals surface area contributed by atoms with E-state index in [1.807, 2.05) is 0 Å². The number of hydrogen-bond acceptors (Lipinski definition) is 3. The number of piperidine rings is 1. The van der Waals surface area contributed by atoms with Crippen molar-refractivity contribution in [3.05, 3.63) is 29.6 Å². The molecule has 0 unspecified atom stereocenters. The van der Waals surface area contributed by atoms with E-state index in [2.05, 4.69) is 18.7 Å². The van der Waals surface area contributed by atoms with E-state index in [1.165, 1.54) is 12.5 Å². The molecule has 1 fully saturated rings.